The number of benzene rings is 2. The largest absolute Gasteiger partial charge is 0.573 e. The monoisotopic (exact) mass is 544 g/mol. The van der Waals surface area contributed by atoms with Crippen LogP contribution < -0.4 is 10.1 Å². The van der Waals surface area contributed by atoms with E-state index in [4.69, 9.17) is 16.1 Å². The molecule has 1 saturated heterocycles. The zero-order valence-corrected chi connectivity index (χ0v) is 20.3. The van der Waals surface area contributed by atoms with E-state index in [0.717, 1.165) is 12.1 Å². The standard InChI is InChI=1S/C22H20ClF3N4O5S/c1-13-27-20(29-35-13)14-4-9-18(23)19(11-14)36(32,33)30-10-2-3-15(12-30)21(31)28-16-5-7-17(8-6-16)34-22(24,25)26/h4-9,11,15H,2-3,10,12H2,1H3,(H,28,31)/t15-/m0/s1. The molecule has 3 aromatic rings. The molecule has 1 aromatic heterocycles. The van der Waals surface area contributed by atoms with Crippen LogP contribution in [0.1, 0.15) is 18.7 Å². The molecule has 0 spiro atoms. The number of hydrogen-bond donors (Lipinski definition) is 1. The van der Waals surface area contributed by atoms with Gasteiger partial charge in [0.2, 0.25) is 27.6 Å². The predicted octanol–water partition coefficient (Wildman–Crippen LogP) is 4.64. The van der Waals surface area contributed by atoms with Crippen molar-refractivity contribution < 1.29 is 35.6 Å². The zero-order chi connectivity index (χ0) is 26.1. The van der Waals surface area contributed by atoms with Gasteiger partial charge in [0.1, 0.15) is 10.6 Å². The van der Waals surface area contributed by atoms with Gasteiger partial charge in [-0.1, -0.05) is 16.8 Å². The van der Waals surface area contributed by atoms with E-state index in [1.165, 1.54) is 28.6 Å². The summed E-state index contributed by atoms with van der Waals surface area (Å²) in [7, 11) is -4.07. The highest BCUT2D eigenvalue weighted by Gasteiger charge is 2.35. The molecule has 14 heteroatoms. The summed E-state index contributed by atoms with van der Waals surface area (Å²) in [6.45, 7) is 1.70. The number of rotatable bonds is 6. The Morgan fingerprint density at radius 3 is 2.58 bits per heavy atom. The van der Waals surface area contributed by atoms with Crippen molar-refractivity contribution in [1.29, 1.82) is 0 Å². The van der Waals surface area contributed by atoms with E-state index in [2.05, 4.69) is 20.2 Å². The minimum atomic E-state index is -4.82. The first-order valence-electron chi connectivity index (χ1n) is 10.7. The van der Waals surface area contributed by atoms with Crippen molar-refractivity contribution in [3.05, 3.63) is 53.4 Å². The molecule has 1 N–H and O–H groups in total. The summed E-state index contributed by atoms with van der Waals surface area (Å²) in [6.07, 6.45) is -3.96. The Hall–Kier alpha value is -3.16. The topological polar surface area (TPSA) is 115 Å². The molecule has 0 bridgehead atoms. The molecule has 192 valence electrons. The molecule has 1 amide bonds. The Morgan fingerprint density at radius 1 is 1.22 bits per heavy atom. The maximum Gasteiger partial charge on any atom is 0.573 e. The van der Waals surface area contributed by atoms with Gasteiger partial charge < -0.3 is 14.6 Å². The molecule has 9 nitrogen and oxygen atoms in total. The van der Waals surface area contributed by atoms with Gasteiger partial charge in [-0.2, -0.15) is 9.29 Å². The lowest BCUT2D eigenvalue weighted by atomic mass is 9.99. The molecule has 36 heavy (non-hydrogen) atoms. The molecular weight excluding hydrogens is 525 g/mol. The van der Waals surface area contributed by atoms with E-state index in [-0.39, 0.29) is 34.5 Å². The van der Waals surface area contributed by atoms with E-state index in [9.17, 15) is 26.4 Å². The van der Waals surface area contributed by atoms with Crippen molar-refractivity contribution >= 4 is 33.2 Å². The third-order valence-electron chi connectivity index (χ3n) is 5.45. The summed E-state index contributed by atoms with van der Waals surface area (Å²) in [5, 5.41) is 6.41. The second-order valence-electron chi connectivity index (χ2n) is 8.05. The van der Waals surface area contributed by atoms with E-state index >= 15 is 0 Å². The fourth-order valence-electron chi connectivity index (χ4n) is 3.75. The normalized spacial score (nSPS) is 17.1. The van der Waals surface area contributed by atoms with E-state index in [1.807, 2.05) is 0 Å². The number of alkyl halides is 3. The average molecular weight is 545 g/mol. The Morgan fingerprint density at radius 2 is 1.94 bits per heavy atom. The number of aryl methyl sites for hydroxylation is 1. The number of halogens is 4. The summed E-state index contributed by atoms with van der Waals surface area (Å²) < 4.78 is 73.7. The average Bonchev–Trinajstić information content (AvgIpc) is 3.26. The molecule has 1 fully saturated rings. The van der Waals surface area contributed by atoms with Gasteiger partial charge in [0.05, 0.1) is 10.9 Å². The lowest BCUT2D eigenvalue weighted by molar-refractivity contribution is -0.274. The Labute approximate surface area is 209 Å². The minimum absolute atomic E-state index is 0.00621. The summed E-state index contributed by atoms with van der Waals surface area (Å²) in [5.41, 5.74) is 0.653. The number of hydrogen-bond acceptors (Lipinski definition) is 7. The lowest BCUT2D eigenvalue weighted by Crippen LogP contribution is -2.43. The van der Waals surface area contributed by atoms with Crippen LogP contribution in [0.3, 0.4) is 0 Å². The van der Waals surface area contributed by atoms with Crippen molar-refractivity contribution in [2.24, 2.45) is 5.92 Å². The highest BCUT2D eigenvalue weighted by atomic mass is 35.5. The van der Waals surface area contributed by atoms with Crippen LogP contribution in [0.25, 0.3) is 11.4 Å². The summed E-state index contributed by atoms with van der Waals surface area (Å²) in [4.78, 5) is 16.8. The molecule has 1 aliphatic heterocycles. The quantitative estimate of drug-likeness (QED) is 0.481. The first kappa shape index (κ1) is 25.9. The van der Waals surface area contributed by atoms with Crippen LogP contribution in [0, 0.1) is 12.8 Å². The smallest absolute Gasteiger partial charge is 0.406 e. The number of amides is 1. The molecule has 0 radical (unpaired) electrons. The third kappa shape index (κ3) is 5.97. The van der Waals surface area contributed by atoms with Gasteiger partial charge in [-0.3, -0.25) is 4.79 Å². The van der Waals surface area contributed by atoms with Crippen molar-refractivity contribution in [2.75, 3.05) is 18.4 Å². The summed E-state index contributed by atoms with van der Waals surface area (Å²) >= 11 is 6.22. The number of carbonyl (C=O) groups is 1. The minimum Gasteiger partial charge on any atom is -0.406 e. The Bertz CT molecular complexity index is 1360. The van der Waals surface area contributed by atoms with Crippen molar-refractivity contribution in [3.8, 4) is 17.1 Å². The van der Waals surface area contributed by atoms with E-state index < -0.39 is 34.0 Å². The number of nitrogens with zero attached hydrogens (tertiary/aromatic N) is 3. The molecule has 1 aliphatic rings. The number of sulfonamides is 1. The van der Waals surface area contributed by atoms with Crippen LogP contribution in [0.4, 0.5) is 18.9 Å². The maximum absolute atomic E-state index is 13.4. The second-order valence-corrected chi connectivity index (χ2v) is 10.4. The van der Waals surface area contributed by atoms with Gasteiger partial charge in [-0.15, -0.1) is 13.2 Å². The SMILES string of the molecule is Cc1nc(-c2ccc(Cl)c(S(=O)(=O)N3CCC[C@H](C(=O)Nc4ccc(OC(F)(F)F)cc4)C3)c2)no1. The first-order valence-corrected chi connectivity index (χ1v) is 12.5. The third-order valence-corrected chi connectivity index (χ3v) is 7.79. The number of carbonyl (C=O) groups excluding carboxylic acids is 1. The fourth-order valence-corrected chi connectivity index (χ4v) is 5.78. The summed E-state index contributed by atoms with van der Waals surface area (Å²) in [6, 6.07) is 9.03. The van der Waals surface area contributed by atoms with Crippen molar-refractivity contribution in [2.45, 2.75) is 31.0 Å². The number of nitrogens with one attached hydrogen (secondary N) is 1. The van der Waals surface area contributed by atoms with Gasteiger partial charge >= 0.3 is 6.36 Å². The molecule has 2 heterocycles. The lowest BCUT2D eigenvalue weighted by Gasteiger charge is -2.31. The Kier molecular flexibility index (Phi) is 7.25. The number of ether oxygens (including phenoxy) is 1. The van der Waals surface area contributed by atoms with Crippen molar-refractivity contribution in [3.63, 3.8) is 0 Å². The molecular formula is C22H20ClF3N4O5S. The van der Waals surface area contributed by atoms with Crippen LogP contribution in [-0.4, -0.2) is 48.2 Å². The summed E-state index contributed by atoms with van der Waals surface area (Å²) in [5.74, 6) is -1.03. The van der Waals surface area contributed by atoms with Crippen LogP contribution >= 0.6 is 11.6 Å². The van der Waals surface area contributed by atoms with Crippen molar-refractivity contribution in [1.82, 2.24) is 14.4 Å². The fraction of sp³-hybridized carbons (Fsp3) is 0.318. The molecule has 0 unspecified atom stereocenters. The molecule has 1 atom stereocenters. The van der Waals surface area contributed by atoms with Gasteiger partial charge in [-0.25, -0.2) is 8.42 Å². The second kappa shape index (κ2) is 10.1. The predicted molar refractivity (Wildman–Crippen MR) is 123 cm³/mol. The molecule has 0 saturated carbocycles. The van der Waals surface area contributed by atoms with Crippen LogP contribution in [-0.2, 0) is 14.8 Å². The first-order chi connectivity index (χ1) is 16.9. The Balaban J connectivity index is 1.47. The van der Waals surface area contributed by atoms with Crippen LogP contribution in [0.5, 0.6) is 5.75 Å². The van der Waals surface area contributed by atoms with E-state index in [1.54, 1.807) is 13.0 Å². The molecule has 4 rings (SSSR count). The van der Waals surface area contributed by atoms with E-state index in [0.29, 0.717) is 24.3 Å². The van der Waals surface area contributed by atoms with Gasteiger partial charge in [-0.05, 0) is 55.3 Å². The van der Waals surface area contributed by atoms with Crippen LogP contribution in [0.15, 0.2) is 51.9 Å². The van der Waals surface area contributed by atoms with Crippen LogP contribution in [0.2, 0.25) is 5.02 Å². The molecule has 0 aliphatic carbocycles. The number of piperidine rings is 1. The van der Waals surface area contributed by atoms with Gasteiger partial charge in [0.15, 0.2) is 0 Å². The van der Waals surface area contributed by atoms with Gasteiger partial charge in [0.25, 0.3) is 0 Å². The molecule has 2 aromatic carbocycles. The highest BCUT2D eigenvalue weighted by molar-refractivity contribution is 7.89. The number of aromatic nitrogens is 2. The highest BCUT2D eigenvalue weighted by Crippen LogP contribution is 2.32. The zero-order valence-electron chi connectivity index (χ0n) is 18.8. The number of anilines is 1. The van der Waals surface area contributed by atoms with Gasteiger partial charge in [0, 0.05) is 31.3 Å². The maximum atomic E-state index is 13.4.